The van der Waals surface area contributed by atoms with Crippen LogP contribution in [0, 0.1) is 6.42 Å². The molecule has 1 amide bonds. The number of hydrogen-bond donors (Lipinski definition) is 0. The Hall–Kier alpha value is -0.740. The summed E-state index contributed by atoms with van der Waals surface area (Å²) >= 11 is 0. The molecule has 0 aromatic heterocycles. The van der Waals surface area contributed by atoms with Gasteiger partial charge in [0.2, 0.25) is 5.91 Å². The molecule has 0 atom stereocenters. The minimum Gasteiger partial charge on any atom is -0.333 e. The Balaban J connectivity index is 2.43. The van der Waals surface area contributed by atoms with Gasteiger partial charge in [0, 0.05) is 13.0 Å². The summed E-state index contributed by atoms with van der Waals surface area (Å²) < 4.78 is 35.0. The number of rotatable bonds is 1. The molecule has 63 valence electrons. The molecule has 1 aliphatic rings. The molecule has 5 heteroatoms. The lowest BCUT2D eigenvalue weighted by Crippen LogP contribution is -2.34. The first-order chi connectivity index (χ1) is 4.99. The smallest absolute Gasteiger partial charge is 0.333 e. The summed E-state index contributed by atoms with van der Waals surface area (Å²) in [6.07, 6.45) is -2.60. The average Bonchev–Trinajstić information content (AvgIpc) is 2.12. The van der Waals surface area contributed by atoms with Crippen molar-refractivity contribution in [2.24, 2.45) is 0 Å². The van der Waals surface area contributed by atoms with Crippen LogP contribution in [0.3, 0.4) is 0 Å². The molecule has 0 aliphatic carbocycles. The number of carbonyl (C=O) groups is 1. The van der Waals surface area contributed by atoms with Crippen LogP contribution in [0.2, 0.25) is 0 Å². The molecule has 0 N–H and O–H groups in total. The lowest BCUT2D eigenvalue weighted by molar-refractivity contribution is -0.157. The molecule has 0 aromatic rings. The van der Waals surface area contributed by atoms with Crippen LogP contribution < -0.4 is 0 Å². The van der Waals surface area contributed by atoms with Gasteiger partial charge in [-0.3, -0.25) is 4.79 Å². The normalized spacial score (nSPS) is 19.5. The lowest BCUT2D eigenvalue weighted by atomic mass is 10.4. The molecule has 1 rings (SSSR count). The van der Waals surface area contributed by atoms with Crippen molar-refractivity contribution in [2.45, 2.75) is 12.6 Å². The maximum absolute atomic E-state index is 11.7. The first-order valence-corrected chi connectivity index (χ1v) is 3.15. The van der Waals surface area contributed by atoms with Gasteiger partial charge in [0.05, 0.1) is 0 Å². The van der Waals surface area contributed by atoms with E-state index in [4.69, 9.17) is 0 Å². The molecule has 1 heterocycles. The minimum absolute atomic E-state index is 0.123. The molecule has 2 nitrogen and oxygen atoms in total. The zero-order chi connectivity index (χ0) is 8.48. The van der Waals surface area contributed by atoms with E-state index >= 15 is 0 Å². The van der Waals surface area contributed by atoms with Crippen LogP contribution in [0.1, 0.15) is 6.42 Å². The Kier molecular flexibility index (Phi) is 2.06. The van der Waals surface area contributed by atoms with Crippen molar-refractivity contribution < 1.29 is 18.0 Å². The third kappa shape index (κ3) is 2.40. The zero-order valence-electron chi connectivity index (χ0n) is 5.69. The monoisotopic (exact) mass is 166 g/mol. The van der Waals surface area contributed by atoms with E-state index < -0.39 is 18.6 Å². The van der Waals surface area contributed by atoms with Crippen molar-refractivity contribution in [1.29, 1.82) is 0 Å². The Bertz CT molecular complexity index is 166. The molecule has 0 saturated carbocycles. The molecule has 1 saturated heterocycles. The molecule has 1 fully saturated rings. The van der Waals surface area contributed by atoms with Gasteiger partial charge in [-0.2, -0.15) is 13.2 Å². The maximum Gasteiger partial charge on any atom is 0.406 e. The molecule has 1 aliphatic heterocycles. The lowest BCUT2D eigenvalue weighted by Gasteiger charge is -2.16. The van der Waals surface area contributed by atoms with Gasteiger partial charge in [0.1, 0.15) is 6.54 Å². The summed E-state index contributed by atoms with van der Waals surface area (Å²) in [6.45, 7) is -0.999. The highest BCUT2D eigenvalue weighted by Crippen LogP contribution is 2.19. The van der Waals surface area contributed by atoms with E-state index in [-0.39, 0.29) is 13.0 Å². The van der Waals surface area contributed by atoms with Crippen LogP contribution in [0.15, 0.2) is 0 Å². The van der Waals surface area contributed by atoms with Crippen LogP contribution in [0.4, 0.5) is 13.2 Å². The van der Waals surface area contributed by atoms with Gasteiger partial charge in [-0.15, -0.1) is 0 Å². The standard InChI is InChI=1S/C6H7F3NO/c7-6(8,9)4-10-3-1-2-5(10)11/h1H,2-4H2. The highest BCUT2D eigenvalue weighted by Gasteiger charge is 2.34. The minimum atomic E-state index is -4.27. The number of likely N-dealkylation sites (tertiary alicyclic amines) is 1. The van der Waals surface area contributed by atoms with E-state index in [0.29, 0.717) is 0 Å². The van der Waals surface area contributed by atoms with Crippen molar-refractivity contribution in [3.05, 3.63) is 6.42 Å². The van der Waals surface area contributed by atoms with Crippen LogP contribution in [-0.4, -0.2) is 30.1 Å². The fourth-order valence-electron chi connectivity index (χ4n) is 0.944. The summed E-state index contributed by atoms with van der Waals surface area (Å²) in [7, 11) is 0. The van der Waals surface area contributed by atoms with Gasteiger partial charge in [-0.25, -0.2) is 0 Å². The summed E-state index contributed by atoms with van der Waals surface area (Å²) in [5.41, 5.74) is 0. The Morgan fingerprint density at radius 2 is 2.18 bits per heavy atom. The van der Waals surface area contributed by atoms with Crippen molar-refractivity contribution in [2.75, 3.05) is 13.1 Å². The van der Waals surface area contributed by atoms with Crippen LogP contribution in [-0.2, 0) is 4.79 Å². The molecular weight excluding hydrogens is 159 g/mol. The zero-order valence-corrected chi connectivity index (χ0v) is 5.69. The fourth-order valence-corrected chi connectivity index (χ4v) is 0.944. The second-order valence-electron chi connectivity index (χ2n) is 2.38. The Morgan fingerprint density at radius 1 is 1.55 bits per heavy atom. The van der Waals surface area contributed by atoms with Crippen LogP contribution >= 0.6 is 0 Å². The first-order valence-electron chi connectivity index (χ1n) is 3.15. The summed E-state index contributed by atoms with van der Waals surface area (Å²) in [6, 6.07) is 0. The van der Waals surface area contributed by atoms with Gasteiger partial charge < -0.3 is 4.90 Å². The van der Waals surface area contributed by atoms with E-state index in [1.165, 1.54) is 6.42 Å². The van der Waals surface area contributed by atoms with E-state index in [0.717, 1.165) is 4.90 Å². The molecule has 0 aromatic carbocycles. The van der Waals surface area contributed by atoms with Crippen LogP contribution in [0.5, 0.6) is 0 Å². The Morgan fingerprint density at radius 3 is 2.55 bits per heavy atom. The predicted molar refractivity (Wildman–Crippen MR) is 31.6 cm³/mol. The second-order valence-corrected chi connectivity index (χ2v) is 2.38. The largest absolute Gasteiger partial charge is 0.406 e. The van der Waals surface area contributed by atoms with Gasteiger partial charge in [-0.05, 0) is 6.42 Å². The summed E-state index contributed by atoms with van der Waals surface area (Å²) in [5.74, 6) is -0.442. The van der Waals surface area contributed by atoms with E-state index in [1.807, 2.05) is 0 Å². The molecule has 1 radical (unpaired) electrons. The molecule has 11 heavy (non-hydrogen) atoms. The number of hydrogen-bond acceptors (Lipinski definition) is 1. The SMILES string of the molecule is O=C1C[CH]CN1CC(F)(F)F. The van der Waals surface area contributed by atoms with Crippen molar-refractivity contribution in [1.82, 2.24) is 4.90 Å². The van der Waals surface area contributed by atoms with Crippen LogP contribution in [0.25, 0.3) is 0 Å². The van der Waals surface area contributed by atoms with E-state index in [1.54, 1.807) is 0 Å². The highest BCUT2D eigenvalue weighted by atomic mass is 19.4. The number of amides is 1. The molecule has 0 bridgehead atoms. The predicted octanol–water partition coefficient (Wildman–Crippen LogP) is 0.985. The number of carbonyl (C=O) groups excluding carboxylic acids is 1. The van der Waals surface area contributed by atoms with Crippen molar-refractivity contribution in [3.8, 4) is 0 Å². The third-order valence-corrected chi connectivity index (χ3v) is 1.39. The topological polar surface area (TPSA) is 20.3 Å². The molecule has 0 unspecified atom stereocenters. The van der Waals surface area contributed by atoms with Gasteiger partial charge in [-0.1, -0.05) is 0 Å². The average molecular weight is 166 g/mol. The number of nitrogens with zero attached hydrogens (tertiary/aromatic N) is 1. The maximum atomic E-state index is 11.7. The number of halogens is 3. The number of alkyl halides is 3. The van der Waals surface area contributed by atoms with E-state index in [9.17, 15) is 18.0 Å². The summed E-state index contributed by atoms with van der Waals surface area (Å²) in [5, 5.41) is 0. The van der Waals surface area contributed by atoms with Gasteiger partial charge >= 0.3 is 6.18 Å². The fraction of sp³-hybridized carbons (Fsp3) is 0.667. The first kappa shape index (κ1) is 8.36. The third-order valence-electron chi connectivity index (χ3n) is 1.39. The van der Waals surface area contributed by atoms with Crippen molar-refractivity contribution >= 4 is 5.91 Å². The van der Waals surface area contributed by atoms with Gasteiger partial charge in [0.15, 0.2) is 0 Å². The van der Waals surface area contributed by atoms with Gasteiger partial charge in [0.25, 0.3) is 0 Å². The molecular formula is C6H7F3NO. The molecule has 0 spiro atoms. The van der Waals surface area contributed by atoms with E-state index in [2.05, 4.69) is 0 Å². The highest BCUT2D eigenvalue weighted by molar-refractivity contribution is 5.79. The van der Waals surface area contributed by atoms with Crippen molar-refractivity contribution in [3.63, 3.8) is 0 Å². The Labute approximate surface area is 62.0 Å². The summed E-state index contributed by atoms with van der Waals surface area (Å²) in [4.78, 5) is 11.4. The quantitative estimate of drug-likeness (QED) is 0.568. The second kappa shape index (κ2) is 2.71.